The predicted octanol–water partition coefficient (Wildman–Crippen LogP) is 3.86. The molecule has 0 aliphatic carbocycles. The lowest BCUT2D eigenvalue weighted by Gasteiger charge is -2.33. The largest absolute Gasteiger partial charge is 0.371 e. The summed E-state index contributed by atoms with van der Waals surface area (Å²) in [4.78, 5) is 20.8. The minimum absolute atomic E-state index is 0.122. The third-order valence-corrected chi connectivity index (χ3v) is 6.97. The number of aromatic nitrogens is 2. The molecule has 0 bridgehead atoms. The van der Waals surface area contributed by atoms with Crippen LogP contribution in [-0.2, 0) is 18.3 Å². The van der Waals surface area contributed by atoms with Crippen molar-refractivity contribution in [3.05, 3.63) is 64.5 Å². The average Bonchev–Trinajstić information content (AvgIpc) is 3.31. The molecule has 1 aliphatic rings. The van der Waals surface area contributed by atoms with E-state index in [2.05, 4.69) is 21.4 Å². The Morgan fingerprint density at radius 2 is 2.23 bits per heavy atom. The molecule has 1 fully saturated rings. The fourth-order valence-electron chi connectivity index (χ4n) is 4.39. The first-order chi connectivity index (χ1) is 15.0. The van der Waals surface area contributed by atoms with Gasteiger partial charge in [-0.05, 0) is 29.8 Å². The summed E-state index contributed by atoms with van der Waals surface area (Å²) in [6, 6.07) is 8.79. The quantitative estimate of drug-likeness (QED) is 0.526. The molecule has 0 radical (unpaired) electrons. The summed E-state index contributed by atoms with van der Waals surface area (Å²) in [5, 5.41) is 4.63. The van der Waals surface area contributed by atoms with E-state index < -0.39 is 0 Å². The number of nitrogens with one attached hydrogen (secondary N) is 1. The Kier molecular flexibility index (Phi) is 5.21. The van der Waals surface area contributed by atoms with Crippen LogP contribution >= 0.6 is 11.3 Å². The summed E-state index contributed by atoms with van der Waals surface area (Å²) in [5.41, 5.74) is 3.00. The zero-order valence-electron chi connectivity index (χ0n) is 17.4. The number of thiophene rings is 1. The molecule has 0 saturated carbocycles. The second kappa shape index (κ2) is 8.03. The van der Waals surface area contributed by atoms with Crippen molar-refractivity contribution in [2.75, 3.05) is 26.7 Å². The van der Waals surface area contributed by atoms with E-state index in [9.17, 15) is 9.18 Å². The van der Waals surface area contributed by atoms with Crippen molar-refractivity contribution in [2.24, 2.45) is 7.05 Å². The third-order valence-electron chi connectivity index (χ3n) is 5.84. The van der Waals surface area contributed by atoms with E-state index >= 15 is 0 Å². The maximum Gasteiger partial charge on any atom is 0.261 e. The van der Waals surface area contributed by atoms with Crippen molar-refractivity contribution in [1.82, 2.24) is 19.8 Å². The van der Waals surface area contributed by atoms with E-state index in [1.807, 2.05) is 29.8 Å². The molecule has 31 heavy (non-hydrogen) atoms. The van der Waals surface area contributed by atoms with Gasteiger partial charge in [0.2, 0.25) is 0 Å². The first kappa shape index (κ1) is 20.1. The fourth-order valence-corrected chi connectivity index (χ4v) is 5.53. The number of carbonyl (C=O) groups excluding carboxylic acids is 1. The van der Waals surface area contributed by atoms with Gasteiger partial charge in [-0.2, -0.15) is 0 Å². The lowest BCUT2D eigenvalue weighted by Crippen LogP contribution is -2.38. The monoisotopic (exact) mass is 438 g/mol. The number of carbonyl (C=O) groups is 1. The Morgan fingerprint density at radius 3 is 3.06 bits per heavy atom. The molecule has 4 aromatic rings. The summed E-state index contributed by atoms with van der Waals surface area (Å²) < 4.78 is 22.0. The Balaban J connectivity index is 1.47. The number of aryl methyl sites for hydroxylation is 1. The molecule has 1 aromatic carbocycles. The van der Waals surface area contributed by atoms with Crippen LogP contribution in [0.5, 0.6) is 0 Å². The van der Waals surface area contributed by atoms with Crippen molar-refractivity contribution in [2.45, 2.75) is 12.6 Å². The fraction of sp³-hybridized carbons (Fsp3) is 0.304. The molecule has 1 N–H and O–H groups in total. The summed E-state index contributed by atoms with van der Waals surface area (Å²) >= 11 is 1.40. The van der Waals surface area contributed by atoms with Crippen LogP contribution in [0.3, 0.4) is 0 Å². The Morgan fingerprint density at radius 1 is 1.35 bits per heavy atom. The number of ether oxygens (including phenoxy) is 1. The number of halogens is 1. The topological polar surface area (TPSA) is 59.4 Å². The number of fused-ring (bicyclic) bond motifs is 2. The molecule has 5 rings (SSSR count). The number of hydrogen-bond acceptors (Lipinski definition) is 5. The van der Waals surface area contributed by atoms with Gasteiger partial charge < -0.3 is 14.6 Å². The van der Waals surface area contributed by atoms with E-state index in [1.165, 1.54) is 17.4 Å². The molecule has 8 heteroatoms. The molecule has 1 saturated heterocycles. The summed E-state index contributed by atoms with van der Waals surface area (Å²) in [5.74, 6) is -0.351. The van der Waals surface area contributed by atoms with Gasteiger partial charge in [-0.15, -0.1) is 11.3 Å². The van der Waals surface area contributed by atoms with Crippen LogP contribution in [0.15, 0.2) is 42.7 Å². The highest BCUT2D eigenvalue weighted by Crippen LogP contribution is 2.37. The Hall–Kier alpha value is -2.81. The third kappa shape index (κ3) is 3.60. The minimum atomic E-state index is -0.231. The Labute approximate surface area is 183 Å². The van der Waals surface area contributed by atoms with Gasteiger partial charge in [-0.25, -0.2) is 9.37 Å². The molecule has 6 nitrogen and oxygen atoms in total. The standard InChI is InChI=1S/C23H23FN4O2S/c1-25-22(29)21-20(16-4-3-7-26-23(16)31-21)19-13-28(8-9-30-19)12-14-11-27(2)18-6-5-15(24)10-17(14)18/h3-7,10-11,19H,8-9,12-13H2,1-2H3,(H,25,29)/t19-/m1/s1. The van der Waals surface area contributed by atoms with E-state index in [0.717, 1.165) is 38.8 Å². The van der Waals surface area contributed by atoms with Crippen LogP contribution in [0.25, 0.3) is 21.1 Å². The highest BCUT2D eigenvalue weighted by atomic mass is 32.1. The molecular formula is C23H23FN4O2S. The van der Waals surface area contributed by atoms with Crippen LogP contribution in [0.4, 0.5) is 4.39 Å². The Bertz CT molecular complexity index is 1280. The average molecular weight is 439 g/mol. The molecule has 3 aromatic heterocycles. The lowest BCUT2D eigenvalue weighted by atomic mass is 10.0. The van der Waals surface area contributed by atoms with Crippen molar-refractivity contribution in [3.63, 3.8) is 0 Å². The van der Waals surface area contributed by atoms with Gasteiger partial charge in [0.15, 0.2) is 0 Å². The number of amides is 1. The molecular weight excluding hydrogens is 415 g/mol. The van der Waals surface area contributed by atoms with Crippen LogP contribution in [0.1, 0.15) is 26.9 Å². The van der Waals surface area contributed by atoms with E-state index in [-0.39, 0.29) is 17.8 Å². The normalized spacial score (nSPS) is 17.5. The van der Waals surface area contributed by atoms with Crippen LogP contribution in [-0.4, -0.2) is 47.1 Å². The number of hydrogen-bond donors (Lipinski definition) is 1. The second-order valence-corrected chi connectivity index (χ2v) is 8.80. The second-order valence-electron chi connectivity index (χ2n) is 7.80. The lowest BCUT2D eigenvalue weighted by molar-refractivity contribution is -0.0322. The number of nitrogens with zero attached hydrogens (tertiary/aromatic N) is 3. The van der Waals surface area contributed by atoms with E-state index in [1.54, 1.807) is 19.3 Å². The number of morpholine rings is 1. The number of pyridine rings is 1. The van der Waals surface area contributed by atoms with Crippen molar-refractivity contribution >= 4 is 38.4 Å². The molecule has 0 unspecified atom stereocenters. The summed E-state index contributed by atoms with van der Waals surface area (Å²) in [7, 11) is 3.61. The van der Waals surface area contributed by atoms with Crippen LogP contribution in [0, 0.1) is 5.82 Å². The molecule has 160 valence electrons. The van der Waals surface area contributed by atoms with Gasteiger partial charge >= 0.3 is 0 Å². The maximum absolute atomic E-state index is 13.9. The molecule has 1 atom stereocenters. The molecule has 0 spiro atoms. The maximum atomic E-state index is 13.9. The first-order valence-corrected chi connectivity index (χ1v) is 11.0. The first-order valence-electron chi connectivity index (χ1n) is 10.2. The highest BCUT2D eigenvalue weighted by molar-refractivity contribution is 7.20. The number of benzene rings is 1. The van der Waals surface area contributed by atoms with Crippen molar-refractivity contribution in [1.29, 1.82) is 0 Å². The zero-order valence-corrected chi connectivity index (χ0v) is 18.2. The van der Waals surface area contributed by atoms with Gasteiger partial charge in [-0.3, -0.25) is 9.69 Å². The summed E-state index contributed by atoms with van der Waals surface area (Å²) in [6.07, 6.45) is 3.57. The highest BCUT2D eigenvalue weighted by Gasteiger charge is 2.30. The predicted molar refractivity (Wildman–Crippen MR) is 120 cm³/mol. The van der Waals surface area contributed by atoms with E-state index in [0.29, 0.717) is 24.6 Å². The van der Waals surface area contributed by atoms with E-state index in [4.69, 9.17) is 4.74 Å². The summed E-state index contributed by atoms with van der Waals surface area (Å²) in [6.45, 7) is 2.68. The van der Waals surface area contributed by atoms with Gasteiger partial charge in [-0.1, -0.05) is 6.07 Å². The zero-order chi connectivity index (χ0) is 21.5. The minimum Gasteiger partial charge on any atom is -0.371 e. The molecule has 1 aliphatic heterocycles. The van der Waals surface area contributed by atoms with Gasteiger partial charge in [0.05, 0.1) is 12.7 Å². The molecule has 4 heterocycles. The number of rotatable bonds is 4. The van der Waals surface area contributed by atoms with Gasteiger partial charge in [0.1, 0.15) is 15.5 Å². The van der Waals surface area contributed by atoms with Crippen molar-refractivity contribution < 1.29 is 13.9 Å². The SMILES string of the molecule is CNC(=O)c1sc2ncccc2c1[C@H]1CN(Cc2cn(C)c3ccc(F)cc23)CCO1. The van der Waals surface area contributed by atoms with Gasteiger partial charge in [0.25, 0.3) is 5.91 Å². The van der Waals surface area contributed by atoms with Crippen molar-refractivity contribution in [3.8, 4) is 0 Å². The van der Waals surface area contributed by atoms with Gasteiger partial charge in [0, 0.05) is 68.0 Å². The smallest absolute Gasteiger partial charge is 0.261 e. The van der Waals surface area contributed by atoms with Crippen LogP contribution < -0.4 is 5.32 Å². The molecule has 1 amide bonds. The van der Waals surface area contributed by atoms with Crippen LogP contribution in [0.2, 0.25) is 0 Å².